The van der Waals surface area contributed by atoms with Crippen LogP contribution < -0.4 is 10.6 Å². The van der Waals surface area contributed by atoms with Crippen LogP contribution >= 0.6 is 0 Å². The van der Waals surface area contributed by atoms with Crippen LogP contribution in [0.25, 0.3) is 0 Å². The second-order valence-corrected chi connectivity index (χ2v) is 3.64. The van der Waals surface area contributed by atoms with Gasteiger partial charge in [0.15, 0.2) is 0 Å². The largest absolute Gasteiger partial charge is 0.361 e. The number of carbonyl (C=O) groups is 2. The van der Waals surface area contributed by atoms with Crippen LogP contribution in [0.15, 0.2) is 24.3 Å². The second kappa shape index (κ2) is 5.30. The van der Waals surface area contributed by atoms with E-state index in [1.165, 1.54) is 17.5 Å². The molecular formula is C12H16N2O2. The molecule has 0 aliphatic rings. The number of nitrogens with two attached hydrogens (primary N) is 1. The first-order chi connectivity index (χ1) is 7.56. The minimum Gasteiger partial charge on any atom is -0.361 e. The van der Waals surface area contributed by atoms with Crippen molar-refractivity contribution in [3.8, 4) is 0 Å². The van der Waals surface area contributed by atoms with Crippen LogP contribution in [0, 0.1) is 0 Å². The summed E-state index contributed by atoms with van der Waals surface area (Å²) in [5.41, 5.74) is 6.81. The van der Waals surface area contributed by atoms with Gasteiger partial charge in [0.25, 0.3) is 0 Å². The van der Waals surface area contributed by atoms with Crippen LogP contribution in [0.1, 0.15) is 18.9 Å². The molecule has 0 atom stereocenters. The third kappa shape index (κ3) is 2.82. The summed E-state index contributed by atoms with van der Waals surface area (Å²) in [7, 11) is 1.53. The topological polar surface area (TPSA) is 63.4 Å². The summed E-state index contributed by atoms with van der Waals surface area (Å²) in [6.45, 7) is 2.11. The molecule has 0 aliphatic carbocycles. The second-order valence-electron chi connectivity index (χ2n) is 3.64. The molecule has 0 unspecified atom stereocenters. The van der Waals surface area contributed by atoms with E-state index in [1.807, 2.05) is 24.3 Å². The molecule has 0 aromatic heterocycles. The van der Waals surface area contributed by atoms with Gasteiger partial charge in [-0.05, 0) is 24.1 Å². The van der Waals surface area contributed by atoms with Gasteiger partial charge in [-0.1, -0.05) is 25.5 Å². The van der Waals surface area contributed by atoms with Crippen LogP contribution in [0.2, 0.25) is 0 Å². The predicted molar refractivity (Wildman–Crippen MR) is 63.0 cm³/mol. The van der Waals surface area contributed by atoms with Gasteiger partial charge in [0.05, 0.1) is 0 Å². The summed E-state index contributed by atoms with van der Waals surface area (Å²) in [4.78, 5) is 23.3. The average molecular weight is 220 g/mol. The smallest absolute Gasteiger partial charge is 0.315 e. The molecule has 0 radical (unpaired) electrons. The van der Waals surface area contributed by atoms with Gasteiger partial charge in [0.2, 0.25) is 0 Å². The molecule has 0 saturated heterocycles. The van der Waals surface area contributed by atoms with Crippen molar-refractivity contribution >= 4 is 17.5 Å². The van der Waals surface area contributed by atoms with Crippen molar-refractivity contribution in [2.75, 3.05) is 11.9 Å². The Bertz CT molecular complexity index is 385. The number of amides is 2. The number of aryl methyl sites for hydroxylation is 1. The first-order valence-electron chi connectivity index (χ1n) is 5.22. The van der Waals surface area contributed by atoms with Gasteiger partial charge in [-0.3, -0.25) is 9.59 Å². The highest BCUT2D eigenvalue weighted by Gasteiger charge is 2.15. The fourth-order valence-corrected chi connectivity index (χ4v) is 1.46. The molecule has 0 heterocycles. The summed E-state index contributed by atoms with van der Waals surface area (Å²) < 4.78 is 0. The SMILES string of the molecule is CCCc1ccc(N(C)C(=O)C(N)=O)cc1. The summed E-state index contributed by atoms with van der Waals surface area (Å²) in [6.07, 6.45) is 2.09. The van der Waals surface area contributed by atoms with Gasteiger partial charge < -0.3 is 10.6 Å². The zero-order valence-electron chi connectivity index (χ0n) is 9.56. The Kier molecular flexibility index (Phi) is 4.05. The Morgan fingerprint density at radius 2 is 1.81 bits per heavy atom. The maximum atomic E-state index is 11.3. The van der Waals surface area contributed by atoms with Crippen LogP contribution in [-0.4, -0.2) is 18.9 Å². The molecule has 0 aliphatic heterocycles. The Hall–Kier alpha value is -1.84. The highest BCUT2D eigenvalue weighted by atomic mass is 16.2. The van der Waals surface area contributed by atoms with Gasteiger partial charge in [0, 0.05) is 12.7 Å². The number of nitrogens with zero attached hydrogens (tertiary/aromatic N) is 1. The monoisotopic (exact) mass is 220 g/mol. The number of benzene rings is 1. The lowest BCUT2D eigenvalue weighted by atomic mass is 10.1. The molecule has 0 spiro atoms. The fourth-order valence-electron chi connectivity index (χ4n) is 1.46. The molecule has 0 bridgehead atoms. The zero-order valence-corrected chi connectivity index (χ0v) is 9.56. The molecule has 2 amide bonds. The molecule has 4 nitrogen and oxygen atoms in total. The Morgan fingerprint density at radius 1 is 1.25 bits per heavy atom. The van der Waals surface area contributed by atoms with Crippen LogP contribution in [-0.2, 0) is 16.0 Å². The van der Waals surface area contributed by atoms with Crippen molar-refractivity contribution in [3.63, 3.8) is 0 Å². The molecule has 0 saturated carbocycles. The maximum absolute atomic E-state index is 11.3. The first-order valence-corrected chi connectivity index (χ1v) is 5.22. The maximum Gasteiger partial charge on any atom is 0.315 e. The molecular weight excluding hydrogens is 204 g/mol. The minimum atomic E-state index is -0.944. The molecule has 1 aromatic rings. The van der Waals surface area contributed by atoms with Crippen LogP contribution in [0.3, 0.4) is 0 Å². The first kappa shape index (κ1) is 12.2. The number of likely N-dealkylation sites (N-methyl/N-ethyl adjacent to an activating group) is 1. The van der Waals surface area contributed by atoms with Crippen LogP contribution in [0.5, 0.6) is 0 Å². The summed E-state index contributed by atoms with van der Waals surface area (Å²) in [6, 6.07) is 7.52. The lowest BCUT2D eigenvalue weighted by Crippen LogP contribution is -2.37. The van der Waals surface area contributed by atoms with Gasteiger partial charge in [-0.15, -0.1) is 0 Å². The highest BCUT2D eigenvalue weighted by Crippen LogP contribution is 2.14. The van der Waals surface area contributed by atoms with Crippen molar-refractivity contribution in [1.29, 1.82) is 0 Å². The summed E-state index contributed by atoms with van der Waals surface area (Å²) >= 11 is 0. The molecule has 86 valence electrons. The Morgan fingerprint density at radius 3 is 2.25 bits per heavy atom. The van der Waals surface area contributed by atoms with E-state index in [9.17, 15) is 9.59 Å². The number of hydrogen-bond acceptors (Lipinski definition) is 2. The number of primary amides is 1. The lowest BCUT2D eigenvalue weighted by molar-refractivity contribution is -0.135. The summed E-state index contributed by atoms with van der Waals surface area (Å²) in [5, 5.41) is 0. The Labute approximate surface area is 95.0 Å². The Balaban J connectivity index is 2.81. The molecule has 1 aromatic carbocycles. The third-order valence-corrected chi connectivity index (χ3v) is 2.38. The minimum absolute atomic E-state index is 0.670. The zero-order chi connectivity index (χ0) is 12.1. The summed E-state index contributed by atoms with van der Waals surface area (Å²) in [5.74, 6) is -1.65. The van der Waals surface area contributed by atoms with E-state index in [0.717, 1.165) is 12.8 Å². The van der Waals surface area contributed by atoms with E-state index in [0.29, 0.717) is 5.69 Å². The molecule has 1 rings (SSSR count). The van der Waals surface area contributed by atoms with Crippen LogP contribution in [0.4, 0.5) is 5.69 Å². The van der Waals surface area contributed by atoms with E-state index < -0.39 is 11.8 Å². The number of rotatable bonds is 3. The van der Waals surface area contributed by atoms with Gasteiger partial charge in [0.1, 0.15) is 0 Å². The van der Waals surface area contributed by atoms with Gasteiger partial charge in [-0.2, -0.15) is 0 Å². The van der Waals surface area contributed by atoms with Crippen molar-refractivity contribution < 1.29 is 9.59 Å². The predicted octanol–water partition coefficient (Wildman–Crippen LogP) is 1.09. The quantitative estimate of drug-likeness (QED) is 0.775. The van der Waals surface area contributed by atoms with Crippen molar-refractivity contribution in [2.24, 2.45) is 5.73 Å². The van der Waals surface area contributed by atoms with Crippen molar-refractivity contribution in [2.45, 2.75) is 19.8 Å². The van der Waals surface area contributed by atoms with E-state index >= 15 is 0 Å². The number of hydrogen-bond donors (Lipinski definition) is 1. The normalized spacial score (nSPS) is 9.88. The van der Waals surface area contributed by atoms with Gasteiger partial charge in [-0.25, -0.2) is 0 Å². The molecule has 0 fully saturated rings. The van der Waals surface area contributed by atoms with E-state index in [4.69, 9.17) is 5.73 Å². The standard InChI is InChI=1S/C12H16N2O2/c1-3-4-9-5-7-10(8-6-9)14(2)12(16)11(13)15/h5-8H,3-4H2,1-2H3,(H2,13,15). The molecule has 4 heteroatoms. The highest BCUT2D eigenvalue weighted by molar-refractivity contribution is 6.39. The lowest BCUT2D eigenvalue weighted by Gasteiger charge is -2.15. The molecule has 16 heavy (non-hydrogen) atoms. The van der Waals surface area contributed by atoms with Crippen molar-refractivity contribution in [1.82, 2.24) is 0 Å². The number of anilines is 1. The van der Waals surface area contributed by atoms with Gasteiger partial charge >= 0.3 is 11.8 Å². The van der Waals surface area contributed by atoms with E-state index in [2.05, 4.69) is 6.92 Å². The number of carbonyl (C=O) groups excluding carboxylic acids is 2. The van der Waals surface area contributed by atoms with E-state index in [-0.39, 0.29) is 0 Å². The molecule has 2 N–H and O–H groups in total. The fraction of sp³-hybridized carbons (Fsp3) is 0.333. The van der Waals surface area contributed by atoms with Crippen molar-refractivity contribution in [3.05, 3.63) is 29.8 Å². The van der Waals surface area contributed by atoms with E-state index in [1.54, 1.807) is 0 Å². The average Bonchev–Trinajstić information content (AvgIpc) is 2.28. The third-order valence-electron chi connectivity index (χ3n) is 2.38.